The monoisotopic (exact) mass is 476 g/mol. The molecule has 2 aromatic carbocycles. The van der Waals surface area contributed by atoms with Crippen LogP contribution in [0.2, 0.25) is 0 Å². The van der Waals surface area contributed by atoms with Crippen LogP contribution in [0.4, 0.5) is 0 Å². The molecule has 0 atom stereocenters. The lowest BCUT2D eigenvalue weighted by Gasteiger charge is -2.13. The maximum atomic E-state index is 12.4. The minimum Gasteiger partial charge on any atom is -0.493 e. The zero-order valence-corrected chi connectivity index (χ0v) is 18.8. The van der Waals surface area contributed by atoms with Crippen LogP contribution in [0.25, 0.3) is 0 Å². The minimum atomic E-state index is -0.373. The van der Waals surface area contributed by atoms with Crippen LogP contribution in [0.15, 0.2) is 52.6 Å². The van der Waals surface area contributed by atoms with E-state index in [0.717, 1.165) is 5.56 Å². The summed E-state index contributed by atoms with van der Waals surface area (Å²) in [6.07, 6.45) is 3.18. The lowest BCUT2D eigenvalue weighted by atomic mass is 10.2. The summed E-state index contributed by atoms with van der Waals surface area (Å²) in [6, 6.07) is 8.53. The van der Waals surface area contributed by atoms with E-state index in [1.165, 1.54) is 13.3 Å². The highest BCUT2D eigenvalue weighted by Gasteiger charge is 2.12. The Hall–Kier alpha value is -3.00. The van der Waals surface area contributed by atoms with E-state index in [4.69, 9.17) is 18.9 Å². The third-order valence-corrected chi connectivity index (χ3v) is 4.37. The molecule has 1 N–H and O–H groups in total. The van der Waals surface area contributed by atoms with E-state index in [2.05, 4.69) is 33.0 Å². The summed E-state index contributed by atoms with van der Waals surface area (Å²) < 4.78 is 22.7. The molecule has 0 heterocycles. The molecule has 0 saturated carbocycles. The summed E-state index contributed by atoms with van der Waals surface area (Å²) in [5.41, 5.74) is 3.63. The van der Waals surface area contributed by atoms with Gasteiger partial charge in [-0.1, -0.05) is 12.7 Å². The Kier molecular flexibility index (Phi) is 9.21. The highest BCUT2D eigenvalue weighted by Crippen LogP contribution is 2.36. The normalized spacial score (nSPS) is 10.5. The average molecular weight is 477 g/mol. The van der Waals surface area contributed by atoms with Gasteiger partial charge in [0.05, 0.1) is 31.0 Å². The van der Waals surface area contributed by atoms with Crippen molar-refractivity contribution >= 4 is 28.1 Å². The average Bonchev–Trinajstić information content (AvgIpc) is 2.74. The lowest BCUT2D eigenvalue weighted by molar-refractivity contribution is 0.0954. The van der Waals surface area contributed by atoms with Crippen molar-refractivity contribution in [3.63, 3.8) is 0 Å². The van der Waals surface area contributed by atoms with Crippen LogP contribution in [-0.4, -0.2) is 39.1 Å². The summed E-state index contributed by atoms with van der Waals surface area (Å²) in [7, 11) is 1.52. The Balaban J connectivity index is 2.14. The second-order valence-electron chi connectivity index (χ2n) is 5.86. The van der Waals surface area contributed by atoms with Crippen LogP contribution >= 0.6 is 15.9 Å². The van der Waals surface area contributed by atoms with Gasteiger partial charge in [0, 0.05) is 5.56 Å². The molecule has 0 aliphatic heterocycles. The van der Waals surface area contributed by atoms with Gasteiger partial charge in [0.1, 0.15) is 6.61 Å². The molecule has 0 aromatic heterocycles. The van der Waals surface area contributed by atoms with Crippen molar-refractivity contribution in [1.82, 2.24) is 5.43 Å². The van der Waals surface area contributed by atoms with Gasteiger partial charge in [0.25, 0.3) is 5.91 Å². The Morgan fingerprint density at radius 3 is 2.50 bits per heavy atom. The van der Waals surface area contributed by atoms with Gasteiger partial charge in [-0.15, -0.1) is 0 Å². The molecule has 0 bridgehead atoms. The van der Waals surface area contributed by atoms with E-state index >= 15 is 0 Å². The highest BCUT2D eigenvalue weighted by atomic mass is 79.9. The molecule has 0 radical (unpaired) electrons. The molecule has 2 rings (SSSR count). The fraction of sp³-hybridized carbons (Fsp3) is 0.273. The molecule has 0 unspecified atom stereocenters. The number of amides is 1. The molecule has 0 fully saturated rings. The first-order valence-corrected chi connectivity index (χ1v) is 10.2. The first kappa shape index (κ1) is 23.3. The standard InChI is InChI=1S/C22H25BrN2O5/c1-5-10-30-21-17(23)11-15(12-20(21)29-7-3)14-24-25-22(26)16-8-9-18(28-6-2)19(13-16)27-4/h5,8-9,11-14H,1,6-7,10H2,2-4H3,(H,25,26)/b24-14+. The maximum absolute atomic E-state index is 12.4. The largest absolute Gasteiger partial charge is 0.493 e. The summed E-state index contributed by atoms with van der Waals surface area (Å²) in [5.74, 6) is 1.83. The van der Waals surface area contributed by atoms with Gasteiger partial charge in [0.2, 0.25) is 0 Å². The van der Waals surface area contributed by atoms with Crippen molar-refractivity contribution in [1.29, 1.82) is 0 Å². The van der Waals surface area contributed by atoms with E-state index < -0.39 is 0 Å². The Bertz CT molecular complexity index is 915. The quantitative estimate of drug-likeness (QED) is 0.291. The summed E-state index contributed by atoms with van der Waals surface area (Å²) in [4.78, 5) is 12.4. The van der Waals surface area contributed by atoms with Crippen molar-refractivity contribution in [2.45, 2.75) is 13.8 Å². The van der Waals surface area contributed by atoms with Crippen LogP contribution in [0.5, 0.6) is 23.0 Å². The second-order valence-corrected chi connectivity index (χ2v) is 6.71. The van der Waals surface area contributed by atoms with Crippen LogP contribution in [-0.2, 0) is 0 Å². The maximum Gasteiger partial charge on any atom is 0.271 e. The van der Waals surface area contributed by atoms with Crippen molar-refractivity contribution in [3.05, 3.63) is 58.6 Å². The van der Waals surface area contributed by atoms with Crippen molar-refractivity contribution in [3.8, 4) is 23.0 Å². The first-order valence-electron chi connectivity index (χ1n) is 9.38. The van der Waals surface area contributed by atoms with Crippen LogP contribution in [0.1, 0.15) is 29.8 Å². The number of nitrogens with zero attached hydrogens (tertiary/aromatic N) is 1. The number of nitrogens with one attached hydrogen (secondary N) is 1. The Labute approximate surface area is 184 Å². The third kappa shape index (κ3) is 6.25. The summed E-state index contributed by atoms with van der Waals surface area (Å²) in [6.45, 7) is 8.75. The topological polar surface area (TPSA) is 78.4 Å². The van der Waals surface area contributed by atoms with Crippen LogP contribution in [0.3, 0.4) is 0 Å². The number of rotatable bonds is 11. The van der Waals surface area contributed by atoms with E-state index in [9.17, 15) is 4.79 Å². The first-order chi connectivity index (χ1) is 14.5. The zero-order chi connectivity index (χ0) is 21.9. The Morgan fingerprint density at radius 2 is 1.83 bits per heavy atom. The number of carbonyl (C=O) groups is 1. The fourth-order valence-corrected chi connectivity index (χ4v) is 3.10. The number of hydrogen-bond donors (Lipinski definition) is 1. The van der Waals surface area contributed by atoms with Gasteiger partial charge in [-0.05, 0) is 65.7 Å². The van der Waals surface area contributed by atoms with Crippen molar-refractivity contribution in [2.75, 3.05) is 26.9 Å². The summed E-state index contributed by atoms with van der Waals surface area (Å²) in [5, 5.41) is 4.04. The number of hydrogen-bond acceptors (Lipinski definition) is 6. The number of halogens is 1. The number of carbonyl (C=O) groups excluding carboxylic acids is 1. The third-order valence-electron chi connectivity index (χ3n) is 3.78. The van der Waals surface area contributed by atoms with E-state index in [-0.39, 0.29) is 5.91 Å². The van der Waals surface area contributed by atoms with Gasteiger partial charge >= 0.3 is 0 Å². The SMILES string of the molecule is C=CCOc1c(Br)cc(/C=N/NC(=O)c2ccc(OCC)c(OC)c2)cc1OCC. The van der Waals surface area contributed by atoms with Crippen molar-refractivity contribution in [2.24, 2.45) is 5.10 Å². The predicted molar refractivity (Wildman–Crippen MR) is 120 cm³/mol. The number of hydrazone groups is 1. The second kappa shape index (κ2) is 11.9. The molecule has 1 amide bonds. The number of ether oxygens (including phenoxy) is 4. The molecular weight excluding hydrogens is 452 g/mol. The summed E-state index contributed by atoms with van der Waals surface area (Å²) >= 11 is 3.48. The highest BCUT2D eigenvalue weighted by molar-refractivity contribution is 9.10. The van der Waals surface area contributed by atoms with Gasteiger partial charge in [-0.2, -0.15) is 5.10 Å². The minimum absolute atomic E-state index is 0.355. The molecule has 8 heteroatoms. The number of methoxy groups -OCH3 is 1. The fourth-order valence-electron chi connectivity index (χ4n) is 2.52. The molecule has 0 aliphatic rings. The molecule has 7 nitrogen and oxygen atoms in total. The van der Waals surface area contributed by atoms with Crippen LogP contribution in [0, 0.1) is 0 Å². The molecule has 0 saturated heterocycles. The molecular formula is C22H25BrN2O5. The molecule has 2 aromatic rings. The molecule has 30 heavy (non-hydrogen) atoms. The lowest BCUT2D eigenvalue weighted by Crippen LogP contribution is -2.17. The van der Waals surface area contributed by atoms with Gasteiger partial charge < -0.3 is 18.9 Å². The Morgan fingerprint density at radius 1 is 1.10 bits per heavy atom. The van der Waals surface area contributed by atoms with Gasteiger partial charge in [0.15, 0.2) is 23.0 Å². The van der Waals surface area contributed by atoms with E-state index in [0.29, 0.717) is 52.9 Å². The van der Waals surface area contributed by atoms with Gasteiger partial charge in [-0.25, -0.2) is 5.43 Å². The molecule has 0 spiro atoms. The zero-order valence-electron chi connectivity index (χ0n) is 17.2. The van der Waals surface area contributed by atoms with E-state index in [1.807, 2.05) is 19.9 Å². The van der Waals surface area contributed by atoms with E-state index in [1.54, 1.807) is 30.3 Å². The van der Waals surface area contributed by atoms with Gasteiger partial charge in [-0.3, -0.25) is 4.79 Å². The predicted octanol–water partition coefficient (Wildman–Crippen LogP) is 4.58. The molecule has 0 aliphatic carbocycles. The van der Waals surface area contributed by atoms with Crippen LogP contribution < -0.4 is 24.4 Å². The smallest absolute Gasteiger partial charge is 0.271 e. The molecule has 160 valence electrons. The number of benzene rings is 2. The van der Waals surface area contributed by atoms with Crippen molar-refractivity contribution < 1.29 is 23.7 Å².